The molecule has 0 aromatic carbocycles. The first kappa shape index (κ1) is 13.3. The number of rotatable bonds is 2. The molecule has 1 aliphatic heterocycles. The van der Waals surface area contributed by atoms with Gasteiger partial charge in [0.25, 0.3) is 0 Å². The topological polar surface area (TPSA) is 66.3 Å². The van der Waals surface area contributed by atoms with Crippen LogP contribution in [0.1, 0.15) is 33.5 Å². The first-order chi connectivity index (χ1) is 8.29. The van der Waals surface area contributed by atoms with E-state index in [1.54, 1.807) is 0 Å². The molecule has 1 aliphatic rings. The van der Waals surface area contributed by atoms with Gasteiger partial charge in [-0.25, -0.2) is 4.98 Å². The summed E-state index contributed by atoms with van der Waals surface area (Å²) in [5.41, 5.74) is -0.0632. The van der Waals surface area contributed by atoms with Gasteiger partial charge in [-0.05, 0) is 5.92 Å². The lowest BCUT2D eigenvalue weighted by Crippen LogP contribution is -2.23. The van der Waals surface area contributed by atoms with Crippen LogP contribution in [0.25, 0.3) is 0 Å². The molecule has 1 aromatic heterocycles. The van der Waals surface area contributed by atoms with E-state index >= 15 is 0 Å². The van der Waals surface area contributed by atoms with Gasteiger partial charge >= 0.3 is 5.97 Å². The number of carboxylic acid groups (broad SMARTS) is 1. The second-order valence-electron chi connectivity index (χ2n) is 5.98. The van der Waals surface area contributed by atoms with Crippen molar-refractivity contribution in [2.24, 2.45) is 11.8 Å². The predicted octanol–water partition coefficient (Wildman–Crippen LogP) is 1.99. The Morgan fingerprint density at radius 1 is 1.44 bits per heavy atom. The number of anilines is 1. The number of aromatic nitrogens is 2. The van der Waals surface area contributed by atoms with E-state index in [-0.39, 0.29) is 17.3 Å². The van der Waals surface area contributed by atoms with Crippen LogP contribution in [0.5, 0.6) is 0 Å². The van der Waals surface area contributed by atoms with Gasteiger partial charge in [0.2, 0.25) is 5.13 Å². The van der Waals surface area contributed by atoms with Crippen LogP contribution in [0.2, 0.25) is 0 Å². The third kappa shape index (κ3) is 2.48. The Balaban J connectivity index is 2.15. The Morgan fingerprint density at radius 3 is 2.56 bits per heavy atom. The Morgan fingerprint density at radius 2 is 2.11 bits per heavy atom. The fourth-order valence-electron chi connectivity index (χ4n) is 2.09. The molecule has 0 spiro atoms. The molecule has 1 fully saturated rings. The molecule has 0 unspecified atom stereocenters. The summed E-state index contributed by atoms with van der Waals surface area (Å²) >= 11 is 1.36. The molecule has 1 aromatic rings. The van der Waals surface area contributed by atoms with Crippen LogP contribution in [-0.4, -0.2) is 33.5 Å². The highest BCUT2D eigenvalue weighted by molar-refractivity contribution is 7.09. The van der Waals surface area contributed by atoms with E-state index in [1.807, 2.05) is 11.8 Å². The minimum Gasteiger partial charge on any atom is -0.481 e. The maximum atomic E-state index is 11.1. The van der Waals surface area contributed by atoms with Crippen LogP contribution in [0.4, 0.5) is 5.13 Å². The molecule has 1 N–H and O–H groups in total. The monoisotopic (exact) mass is 269 g/mol. The van der Waals surface area contributed by atoms with Crippen molar-refractivity contribution in [1.82, 2.24) is 9.36 Å². The summed E-state index contributed by atoms with van der Waals surface area (Å²) in [6.07, 6.45) is 0. The average Bonchev–Trinajstić information content (AvgIpc) is 2.81. The lowest BCUT2D eigenvalue weighted by Gasteiger charge is -2.15. The number of carbonyl (C=O) groups is 1. The van der Waals surface area contributed by atoms with Crippen LogP contribution in [0.15, 0.2) is 0 Å². The quantitative estimate of drug-likeness (QED) is 0.889. The van der Waals surface area contributed by atoms with Gasteiger partial charge in [-0.15, -0.1) is 0 Å². The summed E-state index contributed by atoms with van der Waals surface area (Å²) in [5, 5.41) is 9.97. The summed E-state index contributed by atoms with van der Waals surface area (Å²) in [5.74, 6) is -0.0315. The summed E-state index contributed by atoms with van der Waals surface area (Å²) < 4.78 is 4.37. The third-order valence-corrected chi connectivity index (χ3v) is 4.06. The number of hydrogen-bond acceptors (Lipinski definition) is 5. The standard InChI is InChI=1S/C12H19N3O2S/c1-7-5-15(6-8(7)9(16)17)11-13-10(14-18-11)12(2,3)4/h7-8H,5-6H2,1-4H3,(H,16,17)/t7-,8-/m1/s1. The van der Waals surface area contributed by atoms with Crippen molar-refractivity contribution >= 4 is 22.6 Å². The lowest BCUT2D eigenvalue weighted by atomic mass is 9.96. The van der Waals surface area contributed by atoms with Gasteiger partial charge < -0.3 is 10.0 Å². The van der Waals surface area contributed by atoms with Crippen LogP contribution in [0, 0.1) is 11.8 Å². The van der Waals surface area contributed by atoms with Crippen molar-refractivity contribution in [2.75, 3.05) is 18.0 Å². The van der Waals surface area contributed by atoms with Crippen molar-refractivity contribution in [2.45, 2.75) is 33.1 Å². The molecule has 100 valence electrons. The predicted molar refractivity (Wildman–Crippen MR) is 71.1 cm³/mol. The average molecular weight is 269 g/mol. The fourth-order valence-corrected chi connectivity index (χ4v) is 2.97. The lowest BCUT2D eigenvalue weighted by molar-refractivity contribution is -0.142. The zero-order valence-electron chi connectivity index (χ0n) is 11.2. The maximum absolute atomic E-state index is 11.1. The Hall–Kier alpha value is -1.17. The third-order valence-electron chi connectivity index (χ3n) is 3.29. The Kier molecular flexibility index (Phi) is 3.31. The molecule has 18 heavy (non-hydrogen) atoms. The van der Waals surface area contributed by atoms with Crippen molar-refractivity contribution < 1.29 is 9.90 Å². The van der Waals surface area contributed by atoms with Crippen LogP contribution in [0.3, 0.4) is 0 Å². The van der Waals surface area contributed by atoms with Crippen LogP contribution in [-0.2, 0) is 10.2 Å². The number of aliphatic carboxylic acids is 1. The first-order valence-corrected chi connectivity index (χ1v) is 6.88. The summed E-state index contributed by atoms with van der Waals surface area (Å²) in [6.45, 7) is 9.48. The highest BCUT2D eigenvalue weighted by Gasteiger charge is 2.36. The molecule has 2 heterocycles. The van der Waals surface area contributed by atoms with E-state index in [2.05, 4.69) is 30.1 Å². The van der Waals surface area contributed by atoms with Gasteiger partial charge in [0.15, 0.2) is 0 Å². The minimum atomic E-state index is -0.717. The van der Waals surface area contributed by atoms with Crippen molar-refractivity contribution in [3.8, 4) is 0 Å². The summed E-state index contributed by atoms with van der Waals surface area (Å²) in [7, 11) is 0. The number of nitrogens with zero attached hydrogens (tertiary/aromatic N) is 3. The van der Waals surface area contributed by atoms with Crippen LogP contribution >= 0.6 is 11.5 Å². The molecular formula is C12H19N3O2S. The van der Waals surface area contributed by atoms with Gasteiger partial charge in [-0.3, -0.25) is 4.79 Å². The van der Waals surface area contributed by atoms with Gasteiger partial charge in [0, 0.05) is 30.0 Å². The molecule has 5 nitrogen and oxygen atoms in total. The summed E-state index contributed by atoms with van der Waals surface area (Å²) in [6, 6.07) is 0. The second kappa shape index (κ2) is 4.50. The minimum absolute atomic E-state index is 0.0632. The van der Waals surface area contributed by atoms with Gasteiger partial charge in [0.05, 0.1) is 5.92 Å². The highest BCUT2D eigenvalue weighted by atomic mass is 32.1. The van der Waals surface area contributed by atoms with Gasteiger partial charge in [0.1, 0.15) is 5.82 Å². The molecule has 2 atom stereocenters. The van der Waals surface area contributed by atoms with E-state index in [1.165, 1.54) is 11.5 Å². The second-order valence-corrected chi connectivity index (χ2v) is 6.71. The Bertz CT molecular complexity index is 452. The SMILES string of the molecule is C[C@@H]1CN(c2nc(C(C)(C)C)ns2)C[C@H]1C(=O)O. The molecule has 2 rings (SSSR count). The maximum Gasteiger partial charge on any atom is 0.308 e. The molecule has 0 amide bonds. The van der Waals surface area contributed by atoms with E-state index in [9.17, 15) is 4.79 Å². The van der Waals surface area contributed by atoms with Crippen molar-refractivity contribution in [3.05, 3.63) is 5.82 Å². The van der Waals surface area contributed by atoms with E-state index in [0.717, 1.165) is 17.5 Å². The van der Waals surface area contributed by atoms with E-state index in [4.69, 9.17) is 5.11 Å². The van der Waals surface area contributed by atoms with E-state index in [0.29, 0.717) is 6.54 Å². The smallest absolute Gasteiger partial charge is 0.308 e. The molecule has 0 radical (unpaired) electrons. The molecule has 0 saturated carbocycles. The largest absolute Gasteiger partial charge is 0.481 e. The normalized spacial score (nSPS) is 24.6. The number of hydrogen-bond donors (Lipinski definition) is 1. The number of carboxylic acids is 1. The fraction of sp³-hybridized carbons (Fsp3) is 0.750. The molecule has 0 bridgehead atoms. The van der Waals surface area contributed by atoms with E-state index < -0.39 is 5.97 Å². The van der Waals surface area contributed by atoms with Crippen LogP contribution < -0.4 is 4.90 Å². The van der Waals surface area contributed by atoms with Gasteiger partial charge in [-0.1, -0.05) is 27.7 Å². The first-order valence-electron chi connectivity index (χ1n) is 6.11. The molecular weight excluding hydrogens is 250 g/mol. The molecule has 6 heteroatoms. The van der Waals surface area contributed by atoms with Crippen molar-refractivity contribution in [3.63, 3.8) is 0 Å². The summed E-state index contributed by atoms with van der Waals surface area (Å²) in [4.78, 5) is 17.7. The van der Waals surface area contributed by atoms with Crippen molar-refractivity contribution in [1.29, 1.82) is 0 Å². The zero-order valence-corrected chi connectivity index (χ0v) is 12.0. The Labute approximate surface area is 111 Å². The van der Waals surface area contributed by atoms with Gasteiger partial charge in [-0.2, -0.15) is 4.37 Å². The zero-order chi connectivity index (χ0) is 13.5. The molecule has 0 aliphatic carbocycles. The molecule has 1 saturated heterocycles. The highest BCUT2D eigenvalue weighted by Crippen LogP contribution is 2.31.